The molecule has 21 heavy (non-hydrogen) atoms. The van der Waals surface area contributed by atoms with Crippen LogP contribution in [0.4, 0.5) is 0 Å². The first-order valence-corrected chi connectivity index (χ1v) is 9.34. The van der Waals surface area contributed by atoms with Gasteiger partial charge in [0.05, 0.1) is 9.49 Å². The van der Waals surface area contributed by atoms with Gasteiger partial charge < -0.3 is 10.4 Å². The molecule has 2 nitrogen and oxygen atoms in total. The molecular weight excluding hydrogens is 393 g/mol. The Hall–Kier alpha value is -0.430. The van der Waals surface area contributed by atoms with Gasteiger partial charge in [0, 0.05) is 17.0 Å². The molecule has 112 valence electrons. The number of benzene rings is 1. The SMILES string of the molecule is OC[C@@H](Cc1ccccc1)NC1CCCc2sc(I)cc21. The van der Waals surface area contributed by atoms with Gasteiger partial charge in [-0.25, -0.2) is 0 Å². The van der Waals surface area contributed by atoms with Gasteiger partial charge >= 0.3 is 0 Å². The summed E-state index contributed by atoms with van der Waals surface area (Å²) in [6.07, 6.45) is 4.50. The average molecular weight is 413 g/mol. The number of thiophene rings is 1. The molecule has 0 aliphatic heterocycles. The largest absolute Gasteiger partial charge is 0.395 e. The Labute approximate surface area is 143 Å². The van der Waals surface area contributed by atoms with E-state index < -0.39 is 0 Å². The Morgan fingerprint density at radius 2 is 2.14 bits per heavy atom. The Balaban J connectivity index is 1.70. The molecule has 1 unspecified atom stereocenters. The van der Waals surface area contributed by atoms with E-state index in [0.29, 0.717) is 6.04 Å². The lowest BCUT2D eigenvalue weighted by Crippen LogP contribution is -2.38. The van der Waals surface area contributed by atoms with Crippen molar-refractivity contribution in [2.75, 3.05) is 6.61 Å². The maximum atomic E-state index is 9.71. The van der Waals surface area contributed by atoms with Crippen molar-refractivity contribution in [3.05, 3.63) is 55.3 Å². The lowest BCUT2D eigenvalue weighted by molar-refractivity contribution is 0.226. The zero-order valence-corrected chi connectivity index (χ0v) is 14.9. The molecule has 0 saturated heterocycles. The Kier molecular flexibility index (Phi) is 5.32. The van der Waals surface area contributed by atoms with Crippen molar-refractivity contribution >= 4 is 33.9 Å². The maximum Gasteiger partial charge on any atom is 0.0659 e. The summed E-state index contributed by atoms with van der Waals surface area (Å²) in [7, 11) is 0. The fourth-order valence-electron chi connectivity index (χ4n) is 3.05. The molecule has 0 spiro atoms. The summed E-state index contributed by atoms with van der Waals surface area (Å²) in [5.74, 6) is 0. The van der Waals surface area contributed by atoms with Crippen LogP contribution in [0.1, 0.15) is 34.9 Å². The standard InChI is InChI=1S/C17H20INOS/c18-17-10-14-15(7-4-8-16(14)21-17)19-13(11-20)9-12-5-2-1-3-6-12/h1-3,5-6,10,13,15,19-20H,4,7-9,11H2/t13-,15?/m1/s1. The van der Waals surface area contributed by atoms with Gasteiger partial charge in [-0.1, -0.05) is 30.3 Å². The van der Waals surface area contributed by atoms with Gasteiger partial charge in [-0.2, -0.15) is 0 Å². The summed E-state index contributed by atoms with van der Waals surface area (Å²) in [6, 6.07) is 13.2. The van der Waals surface area contributed by atoms with Gasteiger partial charge in [0.2, 0.25) is 0 Å². The summed E-state index contributed by atoms with van der Waals surface area (Å²) in [5, 5.41) is 13.4. The van der Waals surface area contributed by atoms with Gasteiger partial charge in [-0.05, 0) is 65.5 Å². The second-order valence-electron chi connectivity index (χ2n) is 5.61. The van der Waals surface area contributed by atoms with E-state index in [-0.39, 0.29) is 12.6 Å². The predicted octanol–water partition coefficient (Wildman–Crippen LogP) is 3.92. The zero-order chi connectivity index (χ0) is 14.7. The van der Waals surface area contributed by atoms with Crippen LogP contribution in [-0.4, -0.2) is 17.8 Å². The van der Waals surface area contributed by atoms with E-state index in [9.17, 15) is 5.11 Å². The molecule has 0 bridgehead atoms. The van der Waals surface area contributed by atoms with Crippen molar-refractivity contribution in [1.82, 2.24) is 5.32 Å². The minimum absolute atomic E-state index is 0.126. The molecule has 0 amide bonds. The third kappa shape index (κ3) is 3.86. The highest BCUT2D eigenvalue weighted by Gasteiger charge is 2.24. The van der Waals surface area contributed by atoms with Gasteiger partial charge in [0.15, 0.2) is 0 Å². The van der Waals surface area contributed by atoms with E-state index in [4.69, 9.17) is 0 Å². The van der Waals surface area contributed by atoms with Crippen molar-refractivity contribution in [2.45, 2.75) is 37.8 Å². The van der Waals surface area contributed by atoms with E-state index in [1.165, 1.54) is 38.2 Å². The van der Waals surface area contributed by atoms with E-state index >= 15 is 0 Å². The molecule has 1 aromatic carbocycles. The van der Waals surface area contributed by atoms with Crippen LogP contribution >= 0.6 is 33.9 Å². The fraction of sp³-hybridized carbons (Fsp3) is 0.412. The lowest BCUT2D eigenvalue weighted by Gasteiger charge is -2.28. The van der Waals surface area contributed by atoms with Crippen molar-refractivity contribution < 1.29 is 5.11 Å². The highest BCUT2D eigenvalue weighted by molar-refractivity contribution is 14.1. The minimum Gasteiger partial charge on any atom is -0.395 e. The molecule has 1 aliphatic carbocycles. The van der Waals surface area contributed by atoms with Gasteiger partial charge in [-0.15, -0.1) is 11.3 Å². The lowest BCUT2D eigenvalue weighted by atomic mass is 9.93. The van der Waals surface area contributed by atoms with E-state index in [2.05, 4.69) is 58.2 Å². The number of nitrogens with one attached hydrogen (secondary N) is 1. The molecule has 2 aromatic rings. The highest BCUT2D eigenvalue weighted by Crippen LogP contribution is 2.36. The van der Waals surface area contributed by atoms with Crippen LogP contribution in [0.25, 0.3) is 0 Å². The molecule has 0 radical (unpaired) electrons. The maximum absolute atomic E-state index is 9.71. The summed E-state index contributed by atoms with van der Waals surface area (Å²) in [4.78, 5) is 1.53. The third-order valence-electron chi connectivity index (χ3n) is 4.07. The third-order valence-corrected chi connectivity index (χ3v) is 6.04. The number of aliphatic hydroxyl groups is 1. The monoisotopic (exact) mass is 413 g/mol. The topological polar surface area (TPSA) is 32.3 Å². The summed E-state index contributed by atoms with van der Waals surface area (Å²) < 4.78 is 1.37. The average Bonchev–Trinajstić information content (AvgIpc) is 2.89. The molecule has 0 saturated carbocycles. The quantitative estimate of drug-likeness (QED) is 0.729. The van der Waals surface area contributed by atoms with E-state index in [0.717, 1.165) is 6.42 Å². The zero-order valence-electron chi connectivity index (χ0n) is 11.9. The van der Waals surface area contributed by atoms with Gasteiger partial charge in [-0.3, -0.25) is 0 Å². The van der Waals surface area contributed by atoms with Crippen LogP contribution in [0.5, 0.6) is 0 Å². The summed E-state index contributed by atoms with van der Waals surface area (Å²) >= 11 is 4.33. The number of aryl methyl sites for hydroxylation is 1. The first-order valence-electron chi connectivity index (χ1n) is 7.45. The minimum atomic E-state index is 0.126. The van der Waals surface area contributed by atoms with Crippen molar-refractivity contribution in [2.24, 2.45) is 0 Å². The second kappa shape index (κ2) is 7.22. The molecule has 0 fully saturated rings. The van der Waals surface area contributed by atoms with Crippen LogP contribution in [0, 0.1) is 2.88 Å². The van der Waals surface area contributed by atoms with Crippen molar-refractivity contribution in [1.29, 1.82) is 0 Å². The number of hydrogen-bond donors (Lipinski definition) is 2. The van der Waals surface area contributed by atoms with Crippen molar-refractivity contribution in [3.63, 3.8) is 0 Å². The Morgan fingerprint density at radius 1 is 1.33 bits per heavy atom. The second-order valence-corrected chi connectivity index (χ2v) is 8.64. The Morgan fingerprint density at radius 3 is 2.90 bits per heavy atom. The molecule has 2 N–H and O–H groups in total. The Bertz CT molecular complexity index is 584. The highest BCUT2D eigenvalue weighted by atomic mass is 127. The fourth-order valence-corrected chi connectivity index (χ4v) is 5.17. The van der Waals surface area contributed by atoms with Crippen LogP contribution in [-0.2, 0) is 12.8 Å². The van der Waals surface area contributed by atoms with Gasteiger partial charge in [0.25, 0.3) is 0 Å². The van der Waals surface area contributed by atoms with Crippen LogP contribution < -0.4 is 5.32 Å². The normalized spacial score (nSPS) is 19.2. The van der Waals surface area contributed by atoms with Gasteiger partial charge in [0.1, 0.15) is 0 Å². The smallest absolute Gasteiger partial charge is 0.0659 e. The van der Waals surface area contributed by atoms with E-state index in [1.54, 1.807) is 0 Å². The van der Waals surface area contributed by atoms with E-state index in [1.807, 2.05) is 17.4 Å². The summed E-state index contributed by atoms with van der Waals surface area (Å²) in [5.41, 5.74) is 2.74. The van der Waals surface area contributed by atoms with Crippen molar-refractivity contribution in [3.8, 4) is 0 Å². The molecular formula is C17H20INOS. The first-order chi connectivity index (χ1) is 10.3. The predicted molar refractivity (Wildman–Crippen MR) is 96.9 cm³/mol. The molecule has 1 heterocycles. The molecule has 3 rings (SSSR count). The van der Waals surface area contributed by atoms with Crippen LogP contribution in [0.2, 0.25) is 0 Å². The number of hydrogen-bond acceptors (Lipinski definition) is 3. The molecule has 4 heteroatoms. The number of halogens is 1. The number of fused-ring (bicyclic) bond motifs is 1. The summed E-state index contributed by atoms with van der Waals surface area (Å²) in [6.45, 7) is 0.182. The number of rotatable bonds is 5. The molecule has 2 atom stereocenters. The number of aliphatic hydroxyl groups excluding tert-OH is 1. The molecule has 1 aliphatic rings. The first kappa shape index (κ1) is 15.5. The van der Waals surface area contributed by atoms with Crippen LogP contribution in [0.15, 0.2) is 36.4 Å². The van der Waals surface area contributed by atoms with Crippen LogP contribution in [0.3, 0.4) is 0 Å². The molecule has 1 aromatic heterocycles.